The largest absolute Gasteiger partial charge is 0.390 e. The van der Waals surface area contributed by atoms with Crippen LogP contribution in [0, 0.1) is 0 Å². The fourth-order valence-electron chi connectivity index (χ4n) is 2.14. The van der Waals surface area contributed by atoms with Gasteiger partial charge in [-0.15, -0.1) is 0 Å². The summed E-state index contributed by atoms with van der Waals surface area (Å²) in [4.78, 5) is 0. The van der Waals surface area contributed by atoms with Crippen LogP contribution >= 0.6 is 0 Å². The predicted octanol–water partition coefficient (Wildman–Crippen LogP) is 2.61. The Morgan fingerprint density at radius 1 is 1.25 bits per heavy atom. The van der Waals surface area contributed by atoms with Gasteiger partial charge in [-0.2, -0.15) is 13.2 Å². The normalized spacial score (nSPS) is 26.4. The Labute approximate surface area is 94.2 Å². The number of aliphatic hydroxyl groups is 1. The third-order valence-corrected chi connectivity index (χ3v) is 3.05. The molecule has 2 atom stereocenters. The molecule has 16 heavy (non-hydrogen) atoms. The van der Waals surface area contributed by atoms with E-state index >= 15 is 0 Å². The molecule has 1 aliphatic heterocycles. The van der Waals surface area contributed by atoms with E-state index < -0.39 is 18.2 Å². The van der Waals surface area contributed by atoms with Crippen molar-refractivity contribution in [3.8, 4) is 0 Å². The van der Waals surface area contributed by atoms with Crippen molar-refractivity contribution in [3.05, 3.63) is 0 Å². The first-order valence-corrected chi connectivity index (χ1v) is 5.81. The Balaban J connectivity index is 2.32. The van der Waals surface area contributed by atoms with Gasteiger partial charge in [0.1, 0.15) is 0 Å². The number of nitrogens with one attached hydrogen (secondary N) is 1. The highest BCUT2D eigenvalue weighted by molar-refractivity contribution is 4.83. The average Bonchev–Trinajstić information content (AvgIpc) is 2.15. The molecule has 0 spiro atoms. The van der Waals surface area contributed by atoms with Crippen molar-refractivity contribution in [2.45, 2.75) is 63.3 Å². The molecule has 1 aliphatic rings. The summed E-state index contributed by atoms with van der Waals surface area (Å²) in [6, 6.07) is 0.164. The van der Waals surface area contributed by atoms with Gasteiger partial charge in [0.25, 0.3) is 0 Å². The molecule has 96 valence electrons. The van der Waals surface area contributed by atoms with Gasteiger partial charge < -0.3 is 10.4 Å². The lowest BCUT2D eigenvalue weighted by molar-refractivity contribution is -0.146. The first-order chi connectivity index (χ1) is 7.29. The van der Waals surface area contributed by atoms with Crippen molar-refractivity contribution in [3.63, 3.8) is 0 Å². The van der Waals surface area contributed by atoms with Crippen molar-refractivity contribution in [1.29, 1.82) is 0 Å². The van der Waals surface area contributed by atoms with Crippen LogP contribution in [0.5, 0.6) is 0 Å². The van der Waals surface area contributed by atoms with Crippen LogP contribution < -0.4 is 5.32 Å². The Hall–Kier alpha value is -0.290. The van der Waals surface area contributed by atoms with Crippen molar-refractivity contribution in [2.24, 2.45) is 0 Å². The summed E-state index contributed by atoms with van der Waals surface area (Å²) >= 11 is 0. The third-order valence-electron chi connectivity index (χ3n) is 3.05. The Bertz CT molecular complexity index is 210. The van der Waals surface area contributed by atoms with Crippen molar-refractivity contribution < 1.29 is 18.3 Å². The number of alkyl halides is 3. The molecule has 0 aromatic carbocycles. The standard InChI is InChI=1S/C11H20F3NO/c1-10(16,5-6-11(12,13)14)8-9-4-2-3-7-15-9/h9,15-16H,2-8H2,1H3. The maximum absolute atomic E-state index is 12.0. The zero-order valence-corrected chi connectivity index (χ0v) is 9.61. The maximum atomic E-state index is 12.0. The minimum atomic E-state index is -4.18. The van der Waals surface area contributed by atoms with E-state index in [9.17, 15) is 18.3 Å². The minimum Gasteiger partial charge on any atom is -0.390 e. The second-order valence-corrected chi connectivity index (χ2v) is 4.96. The molecule has 0 aromatic rings. The van der Waals surface area contributed by atoms with Crippen LogP contribution in [0.1, 0.15) is 45.4 Å². The molecule has 2 unspecified atom stereocenters. The number of piperidine rings is 1. The molecule has 0 aliphatic carbocycles. The van der Waals surface area contributed by atoms with E-state index in [2.05, 4.69) is 5.32 Å². The zero-order valence-electron chi connectivity index (χ0n) is 9.61. The number of hydrogen-bond donors (Lipinski definition) is 2. The van der Waals surface area contributed by atoms with E-state index in [-0.39, 0.29) is 12.5 Å². The minimum absolute atomic E-state index is 0.164. The van der Waals surface area contributed by atoms with E-state index in [1.807, 2.05) is 0 Å². The lowest BCUT2D eigenvalue weighted by Crippen LogP contribution is -2.41. The van der Waals surface area contributed by atoms with E-state index in [4.69, 9.17) is 0 Å². The summed E-state index contributed by atoms with van der Waals surface area (Å²) in [6.07, 6.45) is -1.75. The quantitative estimate of drug-likeness (QED) is 0.790. The van der Waals surface area contributed by atoms with E-state index in [0.717, 1.165) is 25.8 Å². The van der Waals surface area contributed by atoms with Crippen molar-refractivity contribution >= 4 is 0 Å². The molecule has 5 heteroatoms. The molecule has 0 aromatic heterocycles. The molecule has 1 saturated heterocycles. The summed E-state index contributed by atoms with van der Waals surface area (Å²) < 4.78 is 36.1. The third kappa shape index (κ3) is 5.70. The van der Waals surface area contributed by atoms with Gasteiger partial charge in [0, 0.05) is 12.5 Å². The first kappa shape index (κ1) is 13.8. The Kier molecular flexibility index (Phi) is 4.62. The highest BCUT2D eigenvalue weighted by Gasteiger charge is 2.33. The lowest BCUT2D eigenvalue weighted by atomic mass is 9.88. The summed E-state index contributed by atoms with van der Waals surface area (Å²) in [5, 5.41) is 13.1. The van der Waals surface area contributed by atoms with Crippen LogP contribution in [0.4, 0.5) is 13.2 Å². The molecule has 2 nitrogen and oxygen atoms in total. The van der Waals surface area contributed by atoms with Crippen LogP contribution in [0.15, 0.2) is 0 Å². The second kappa shape index (κ2) is 5.36. The highest BCUT2D eigenvalue weighted by Crippen LogP contribution is 2.29. The van der Waals surface area contributed by atoms with Crippen LogP contribution in [0.3, 0.4) is 0 Å². The van der Waals surface area contributed by atoms with Crippen molar-refractivity contribution in [1.82, 2.24) is 5.32 Å². The van der Waals surface area contributed by atoms with Gasteiger partial charge in [-0.1, -0.05) is 6.42 Å². The van der Waals surface area contributed by atoms with Crippen LogP contribution in [0.2, 0.25) is 0 Å². The second-order valence-electron chi connectivity index (χ2n) is 4.96. The van der Waals surface area contributed by atoms with E-state index in [1.54, 1.807) is 0 Å². The first-order valence-electron chi connectivity index (χ1n) is 5.81. The summed E-state index contributed by atoms with van der Waals surface area (Å²) in [5.74, 6) is 0. The molecule has 0 radical (unpaired) electrons. The predicted molar refractivity (Wildman–Crippen MR) is 56.2 cm³/mol. The number of rotatable bonds is 4. The Morgan fingerprint density at radius 3 is 2.44 bits per heavy atom. The zero-order chi connectivity index (χ0) is 12.2. The lowest BCUT2D eigenvalue weighted by Gasteiger charge is -2.31. The van der Waals surface area contributed by atoms with E-state index in [1.165, 1.54) is 6.92 Å². The van der Waals surface area contributed by atoms with Gasteiger partial charge in [-0.05, 0) is 39.2 Å². The number of hydrogen-bond acceptors (Lipinski definition) is 2. The highest BCUT2D eigenvalue weighted by atomic mass is 19.4. The summed E-state index contributed by atoms with van der Waals surface area (Å²) in [6.45, 7) is 2.40. The maximum Gasteiger partial charge on any atom is 0.389 e. The average molecular weight is 239 g/mol. The topological polar surface area (TPSA) is 32.3 Å². The monoisotopic (exact) mass is 239 g/mol. The fourth-order valence-corrected chi connectivity index (χ4v) is 2.14. The molecule has 1 fully saturated rings. The molecule has 0 amide bonds. The van der Waals surface area contributed by atoms with Gasteiger partial charge in [-0.25, -0.2) is 0 Å². The van der Waals surface area contributed by atoms with E-state index in [0.29, 0.717) is 6.42 Å². The van der Waals surface area contributed by atoms with Crippen LogP contribution in [0.25, 0.3) is 0 Å². The molecule has 2 N–H and O–H groups in total. The number of halogens is 3. The van der Waals surface area contributed by atoms with Crippen LogP contribution in [-0.4, -0.2) is 29.5 Å². The Morgan fingerprint density at radius 2 is 1.94 bits per heavy atom. The van der Waals surface area contributed by atoms with Crippen LogP contribution in [-0.2, 0) is 0 Å². The summed E-state index contributed by atoms with van der Waals surface area (Å²) in [7, 11) is 0. The SMILES string of the molecule is CC(O)(CCC(F)(F)F)CC1CCCCN1. The van der Waals surface area contributed by atoms with Gasteiger partial charge in [-0.3, -0.25) is 0 Å². The van der Waals surface area contributed by atoms with Gasteiger partial charge in [0.05, 0.1) is 5.60 Å². The fraction of sp³-hybridized carbons (Fsp3) is 1.00. The molecular weight excluding hydrogens is 219 g/mol. The van der Waals surface area contributed by atoms with Gasteiger partial charge >= 0.3 is 6.18 Å². The van der Waals surface area contributed by atoms with Crippen molar-refractivity contribution in [2.75, 3.05) is 6.54 Å². The smallest absolute Gasteiger partial charge is 0.389 e. The molecule has 1 rings (SSSR count). The van der Waals surface area contributed by atoms with Gasteiger partial charge in [0.2, 0.25) is 0 Å². The summed E-state index contributed by atoms with van der Waals surface area (Å²) in [5.41, 5.74) is -1.22. The van der Waals surface area contributed by atoms with Gasteiger partial charge in [0.15, 0.2) is 0 Å². The molecule has 0 bridgehead atoms. The molecule has 1 heterocycles. The molecule has 0 saturated carbocycles. The molecular formula is C11H20F3NO.